The molecule has 0 radical (unpaired) electrons. The zero-order valence-electron chi connectivity index (χ0n) is 12.5. The normalized spacial score (nSPS) is 6.29. The average Bonchev–Trinajstić information content (AvgIpc) is 2.54. The van der Waals surface area contributed by atoms with Crippen molar-refractivity contribution in [1.29, 1.82) is 0 Å². The van der Waals surface area contributed by atoms with Gasteiger partial charge in [-0.1, -0.05) is 0 Å². The van der Waals surface area contributed by atoms with Crippen LogP contribution in [0.15, 0.2) is 90.4 Å². The van der Waals surface area contributed by atoms with E-state index in [-0.39, 0.29) is 18.5 Å². The van der Waals surface area contributed by atoms with Gasteiger partial charge >= 0.3 is 111 Å². The molecule has 0 saturated carbocycles. The molecule has 0 saturated heterocycles. The van der Waals surface area contributed by atoms with E-state index >= 15 is 0 Å². The van der Waals surface area contributed by atoms with E-state index in [1.54, 1.807) is 0 Å². The Morgan fingerprint density at radius 3 is 0.524 bits per heavy atom. The Morgan fingerprint density at radius 2 is 0.476 bits per heavy atom. The van der Waals surface area contributed by atoms with Crippen molar-refractivity contribution in [2.24, 2.45) is 0 Å². The number of hydrogen-bond acceptors (Lipinski definition) is 3. The van der Waals surface area contributed by atoms with Gasteiger partial charge in [0.2, 0.25) is 0 Å². The topological polar surface area (TPSA) is 105 Å². The maximum atomic E-state index is 2.00. The molecule has 9 N–H and O–H groups in total. The van der Waals surface area contributed by atoms with E-state index in [1.165, 1.54) is 0 Å². The molecule has 0 aliphatic rings. The first-order chi connectivity index (χ1) is 9.00. The Morgan fingerprint density at radius 1 is 0.286 bits per heavy atom. The third-order valence-electron chi connectivity index (χ3n) is 2.00. The minimum absolute atomic E-state index is 0. The number of rotatable bonds is 0. The molecule has 0 atom stereocenters. The van der Waals surface area contributed by atoms with Crippen molar-refractivity contribution in [3.05, 3.63) is 90.4 Å². The third kappa shape index (κ3) is 18.1. The van der Waals surface area contributed by atoms with E-state index in [0.29, 0.717) is 0 Å². The predicted octanol–water partition coefficient (Wildman–Crippen LogP) is 3.56. The SMILES string of the molecule is N.N.N.b1ccccc1.b1ccccc1.b1ccccc1. The summed E-state index contributed by atoms with van der Waals surface area (Å²) in [7, 11) is 0. The fraction of sp³-hybridized carbons (Fsp3) is 0. The molecule has 3 rings (SSSR count). The second-order valence-corrected chi connectivity index (χ2v) is 3.46. The second kappa shape index (κ2) is 20.4. The third-order valence-corrected chi connectivity index (χ3v) is 2.00. The molecule has 0 amide bonds. The van der Waals surface area contributed by atoms with E-state index in [0.717, 1.165) is 0 Å². The zero-order chi connectivity index (χ0) is 12.7. The summed E-state index contributed by atoms with van der Waals surface area (Å²) in [6, 6.07) is 18.0. The minimum atomic E-state index is 0. The van der Waals surface area contributed by atoms with Crippen molar-refractivity contribution in [3.63, 3.8) is 0 Å². The van der Waals surface area contributed by atoms with Crippen LogP contribution in [0, 0.1) is 0 Å². The van der Waals surface area contributed by atoms with Gasteiger partial charge in [0.25, 0.3) is 0 Å². The quantitative estimate of drug-likeness (QED) is 0.585. The van der Waals surface area contributed by atoms with Crippen molar-refractivity contribution >= 4 is 20.7 Å². The van der Waals surface area contributed by atoms with E-state index in [4.69, 9.17) is 0 Å². The van der Waals surface area contributed by atoms with Crippen molar-refractivity contribution in [2.45, 2.75) is 0 Å². The molecule has 0 aliphatic heterocycles. The first-order valence-electron chi connectivity index (χ1n) is 6.00. The molecule has 3 heterocycles. The molecule has 0 aliphatic carbocycles. The molecular formula is C15H24B3N3. The molecule has 108 valence electrons. The fourth-order valence-electron chi connectivity index (χ4n) is 1.15. The van der Waals surface area contributed by atoms with Gasteiger partial charge in [-0.25, -0.2) is 0 Å². The summed E-state index contributed by atoms with van der Waals surface area (Å²) in [5.74, 6) is 12.0. The summed E-state index contributed by atoms with van der Waals surface area (Å²) in [6.07, 6.45) is 0. The summed E-state index contributed by atoms with van der Waals surface area (Å²) in [4.78, 5) is 0. The molecule has 0 spiro atoms. The molecule has 0 aromatic carbocycles. The van der Waals surface area contributed by atoms with Crippen LogP contribution in [0.25, 0.3) is 0 Å². The van der Waals surface area contributed by atoms with Crippen LogP contribution in [0.1, 0.15) is 0 Å². The molecule has 0 fully saturated rings. The second-order valence-electron chi connectivity index (χ2n) is 3.46. The molecule has 3 aromatic heterocycles. The van der Waals surface area contributed by atoms with Crippen LogP contribution in [-0.2, 0) is 0 Å². The number of hydrogen-bond donors (Lipinski definition) is 3. The van der Waals surface area contributed by atoms with Crippen LogP contribution in [0.2, 0.25) is 0 Å². The summed E-state index contributed by atoms with van der Waals surface area (Å²) in [6.45, 7) is 6.00. The molecule has 6 heteroatoms. The molecule has 21 heavy (non-hydrogen) atoms. The molecular weight excluding hydrogens is 255 g/mol. The van der Waals surface area contributed by atoms with Gasteiger partial charge in [-0.2, -0.15) is 0 Å². The zero-order valence-corrected chi connectivity index (χ0v) is 12.5. The van der Waals surface area contributed by atoms with Gasteiger partial charge in [-0.15, -0.1) is 0 Å². The van der Waals surface area contributed by atoms with Crippen LogP contribution in [-0.4, -0.2) is 20.7 Å². The predicted molar refractivity (Wildman–Crippen MR) is 98.4 cm³/mol. The van der Waals surface area contributed by atoms with Crippen LogP contribution in [0.4, 0.5) is 0 Å². The van der Waals surface area contributed by atoms with E-state index in [9.17, 15) is 0 Å². The van der Waals surface area contributed by atoms with Crippen LogP contribution in [0.3, 0.4) is 0 Å². The van der Waals surface area contributed by atoms with E-state index < -0.39 is 0 Å². The first kappa shape index (κ1) is 24.2. The molecule has 0 unspecified atom stereocenters. The average molecular weight is 279 g/mol. The van der Waals surface area contributed by atoms with Gasteiger partial charge in [0.15, 0.2) is 0 Å². The van der Waals surface area contributed by atoms with Crippen molar-refractivity contribution in [2.75, 3.05) is 0 Å². The van der Waals surface area contributed by atoms with Gasteiger partial charge in [0.05, 0.1) is 0 Å². The van der Waals surface area contributed by atoms with Crippen molar-refractivity contribution in [3.8, 4) is 0 Å². The van der Waals surface area contributed by atoms with E-state index in [1.807, 2.05) is 111 Å². The summed E-state index contributed by atoms with van der Waals surface area (Å²) < 4.78 is 0. The van der Waals surface area contributed by atoms with Gasteiger partial charge in [-0.3, -0.25) is 0 Å². The van der Waals surface area contributed by atoms with Crippen LogP contribution >= 0.6 is 0 Å². The van der Waals surface area contributed by atoms with Crippen LogP contribution in [0.5, 0.6) is 0 Å². The Bertz CT molecular complexity index is 315. The van der Waals surface area contributed by atoms with Gasteiger partial charge in [0.1, 0.15) is 0 Å². The summed E-state index contributed by atoms with van der Waals surface area (Å²) in [5, 5.41) is 0. The molecule has 3 aromatic rings. The Balaban J connectivity index is -0.000000216. The summed E-state index contributed by atoms with van der Waals surface area (Å²) >= 11 is 0. The fourth-order valence-corrected chi connectivity index (χ4v) is 1.15. The molecule has 0 bridgehead atoms. The van der Waals surface area contributed by atoms with Gasteiger partial charge in [0, 0.05) is 0 Å². The first-order valence-corrected chi connectivity index (χ1v) is 6.00. The Kier molecular flexibility index (Phi) is 23.5. The van der Waals surface area contributed by atoms with E-state index in [2.05, 4.69) is 0 Å². The van der Waals surface area contributed by atoms with Crippen LogP contribution < -0.4 is 18.5 Å². The van der Waals surface area contributed by atoms with Crippen molar-refractivity contribution in [1.82, 2.24) is 18.5 Å². The van der Waals surface area contributed by atoms with Gasteiger partial charge in [-0.05, 0) is 0 Å². The van der Waals surface area contributed by atoms with Gasteiger partial charge < -0.3 is 18.5 Å². The monoisotopic (exact) mass is 279 g/mol. The standard InChI is InChI=1S/3C5H5B.3H3N/c3*1-2-4-6-5-3-1;;;/h3*1-5H;3*1H3. The summed E-state index contributed by atoms with van der Waals surface area (Å²) in [5.41, 5.74) is 0. The molecule has 3 nitrogen and oxygen atoms in total. The Labute approximate surface area is 130 Å². The Hall–Kier alpha value is -1.88. The maximum absolute atomic E-state index is 2.00. The van der Waals surface area contributed by atoms with Crippen molar-refractivity contribution < 1.29 is 0 Å².